The van der Waals surface area contributed by atoms with Gasteiger partial charge in [-0.3, -0.25) is 9.36 Å². The highest BCUT2D eigenvalue weighted by molar-refractivity contribution is 5.85. The van der Waals surface area contributed by atoms with Gasteiger partial charge in [0.05, 0.1) is 6.20 Å². The molecule has 1 N–H and O–H groups in total. The maximum atomic E-state index is 12.2. The van der Waals surface area contributed by atoms with Crippen LogP contribution in [0.4, 0.5) is 19.0 Å². The van der Waals surface area contributed by atoms with Crippen LogP contribution < -0.4 is 5.32 Å². The lowest BCUT2D eigenvalue weighted by atomic mass is 10.3. The Bertz CT molecular complexity index is 576. The van der Waals surface area contributed by atoms with Crippen LogP contribution >= 0.6 is 12.4 Å². The van der Waals surface area contributed by atoms with Crippen molar-refractivity contribution in [1.82, 2.24) is 19.6 Å². The normalized spacial score (nSPS) is 11.3. The first kappa shape index (κ1) is 17.4. The molecule has 0 saturated carbocycles. The van der Waals surface area contributed by atoms with E-state index in [0.29, 0.717) is 12.1 Å². The van der Waals surface area contributed by atoms with Crippen molar-refractivity contribution in [2.75, 3.05) is 5.32 Å². The van der Waals surface area contributed by atoms with Crippen LogP contribution in [0.5, 0.6) is 0 Å². The van der Waals surface area contributed by atoms with Crippen LogP contribution in [-0.4, -0.2) is 25.7 Å². The molecule has 0 fully saturated rings. The van der Waals surface area contributed by atoms with Gasteiger partial charge < -0.3 is 5.32 Å². The van der Waals surface area contributed by atoms with Crippen LogP contribution in [0, 0.1) is 6.92 Å². The highest BCUT2D eigenvalue weighted by Gasteiger charge is 2.28. The molecule has 0 aliphatic rings. The predicted octanol–water partition coefficient (Wildman–Crippen LogP) is 3.00. The Kier molecular flexibility index (Phi) is 5.65. The number of halogens is 4. The number of aryl methyl sites for hydroxylation is 2. The fourth-order valence-corrected chi connectivity index (χ4v) is 1.81. The quantitative estimate of drug-likeness (QED) is 0.920. The van der Waals surface area contributed by atoms with Gasteiger partial charge in [-0.25, -0.2) is 0 Å². The number of hydrogen-bond donors (Lipinski definition) is 1. The van der Waals surface area contributed by atoms with Crippen molar-refractivity contribution < 1.29 is 13.2 Å². The molecule has 0 unspecified atom stereocenters. The molecule has 9 heteroatoms. The summed E-state index contributed by atoms with van der Waals surface area (Å²) in [5, 5.41) is 11.1. The zero-order chi connectivity index (χ0) is 14.8. The second kappa shape index (κ2) is 6.84. The summed E-state index contributed by atoms with van der Waals surface area (Å²) in [6.07, 6.45) is 0.458. The van der Waals surface area contributed by atoms with E-state index in [4.69, 9.17) is 0 Å². The van der Waals surface area contributed by atoms with Gasteiger partial charge in [-0.05, 0) is 13.8 Å². The van der Waals surface area contributed by atoms with E-state index in [9.17, 15) is 13.2 Å². The van der Waals surface area contributed by atoms with Crippen LogP contribution in [0.15, 0.2) is 18.6 Å². The molecule has 0 saturated heterocycles. The van der Waals surface area contributed by atoms with Crippen molar-refractivity contribution in [3.05, 3.63) is 29.7 Å². The van der Waals surface area contributed by atoms with E-state index in [0.717, 1.165) is 22.6 Å². The fourth-order valence-electron chi connectivity index (χ4n) is 1.81. The summed E-state index contributed by atoms with van der Waals surface area (Å²) >= 11 is 0. The molecule has 2 aromatic heterocycles. The molecule has 2 heterocycles. The number of rotatable bonds is 5. The summed E-state index contributed by atoms with van der Waals surface area (Å²) in [6, 6.07) is 0. The Balaban J connectivity index is 0.00000220. The van der Waals surface area contributed by atoms with Crippen molar-refractivity contribution in [1.29, 1.82) is 0 Å². The van der Waals surface area contributed by atoms with Crippen LogP contribution in [0.2, 0.25) is 0 Å². The third-order valence-electron chi connectivity index (χ3n) is 2.76. The van der Waals surface area contributed by atoms with Gasteiger partial charge in [0.1, 0.15) is 6.54 Å². The van der Waals surface area contributed by atoms with Crippen molar-refractivity contribution in [2.24, 2.45) is 0 Å². The average molecular weight is 324 g/mol. The molecule has 0 amide bonds. The Hall–Kier alpha value is -1.70. The number of nitrogens with one attached hydrogen (secondary N) is 1. The van der Waals surface area contributed by atoms with Gasteiger partial charge in [0.2, 0.25) is 0 Å². The van der Waals surface area contributed by atoms with Gasteiger partial charge >= 0.3 is 6.18 Å². The standard InChI is InChI=1S/C12H16F3N5.ClH/c1-3-19-6-9(2)11(18-19)16-4-10-5-17-20(7-10)8-12(13,14)15;/h5-7H,3-4,8H2,1-2H3,(H,16,18);1H. The monoisotopic (exact) mass is 323 g/mol. The Morgan fingerprint density at radius 3 is 2.52 bits per heavy atom. The van der Waals surface area contributed by atoms with Crippen molar-refractivity contribution >= 4 is 18.2 Å². The van der Waals surface area contributed by atoms with E-state index in [1.807, 2.05) is 20.0 Å². The maximum absolute atomic E-state index is 12.2. The summed E-state index contributed by atoms with van der Waals surface area (Å²) < 4.78 is 39.3. The highest BCUT2D eigenvalue weighted by Crippen LogP contribution is 2.17. The molecule has 0 radical (unpaired) electrons. The van der Waals surface area contributed by atoms with E-state index in [1.54, 1.807) is 4.68 Å². The van der Waals surface area contributed by atoms with E-state index < -0.39 is 12.7 Å². The van der Waals surface area contributed by atoms with E-state index in [-0.39, 0.29) is 12.4 Å². The Labute approximate surface area is 126 Å². The summed E-state index contributed by atoms with van der Waals surface area (Å²) in [5.74, 6) is 0.732. The van der Waals surface area contributed by atoms with Crippen molar-refractivity contribution in [3.8, 4) is 0 Å². The molecule has 21 heavy (non-hydrogen) atoms. The smallest absolute Gasteiger partial charge is 0.364 e. The number of alkyl halides is 3. The first-order valence-electron chi connectivity index (χ1n) is 6.23. The summed E-state index contributed by atoms with van der Waals surface area (Å²) in [6.45, 7) is 3.99. The molecule has 0 atom stereocenters. The summed E-state index contributed by atoms with van der Waals surface area (Å²) in [5.41, 5.74) is 1.68. The van der Waals surface area contributed by atoms with Crippen molar-refractivity contribution in [3.63, 3.8) is 0 Å². The summed E-state index contributed by atoms with van der Waals surface area (Å²) in [7, 11) is 0. The SMILES string of the molecule is CCn1cc(C)c(NCc2cnn(CC(F)(F)F)c2)n1.Cl. The largest absolute Gasteiger partial charge is 0.408 e. The van der Waals surface area contributed by atoms with Crippen molar-refractivity contribution in [2.45, 2.75) is 39.7 Å². The average Bonchev–Trinajstić information content (AvgIpc) is 2.91. The highest BCUT2D eigenvalue weighted by atomic mass is 35.5. The number of nitrogens with zero attached hydrogens (tertiary/aromatic N) is 4. The zero-order valence-corrected chi connectivity index (χ0v) is 12.5. The van der Waals surface area contributed by atoms with Gasteiger partial charge in [0, 0.05) is 36.6 Å². The minimum absolute atomic E-state index is 0. The third-order valence-corrected chi connectivity index (χ3v) is 2.76. The van der Waals surface area contributed by atoms with Gasteiger partial charge in [0.15, 0.2) is 5.82 Å². The van der Waals surface area contributed by atoms with Crippen LogP contribution in [0.1, 0.15) is 18.1 Å². The molecule has 5 nitrogen and oxygen atoms in total. The maximum Gasteiger partial charge on any atom is 0.408 e. The molecular formula is C12H17ClF3N5. The lowest BCUT2D eigenvalue weighted by Crippen LogP contribution is -2.17. The number of aromatic nitrogens is 4. The van der Waals surface area contributed by atoms with Crippen LogP contribution in [0.25, 0.3) is 0 Å². The molecule has 0 aromatic carbocycles. The lowest BCUT2D eigenvalue weighted by molar-refractivity contribution is -0.142. The molecule has 0 bridgehead atoms. The lowest BCUT2D eigenvalue weighted by Gasteiger charge is -2.05. The van der Waals surface area contributed by atoms with Gasteiger partial charge in [-0.1, -0.05) is 0 Å². The minimum atomic E-state index is -4.26. The Morgan fingerprint density at radius 2 is 1.95 bits per heavy atom. The second-order valence-corrected chi connectivity index (χ2v) is 4.53. The molecule has 118 valence electrons. The molecule has 0 spiro atoms. The van der Waals surface area contributed by atoms with Gasteiger partial charge in [-0.2, -0.15) is 23.4 Å². The van der Waals surface area contributed by atoms with Gasteiger partial charge in [0.25, 0.3) is 0 Å². The summed E-state index contributed by atoms with van der Waals surface area (Å²) in [4.78, 5) is 0. The second-order valence-electron chi connectivity index (χ2n) is 4.53. The zero-order valence-electron chi connectivity index (χ0n) is 11.7. The first-order chi connectivity index (χ1) is 9.37. The Morgan fingerprint density at radius 1 is 1.24 bits per heavy atom. The molecule has 0 aliphatic carbocycles. The van der Waals surface area contributed by atoms with E-state index in [2.05, 4.69) is 15.5 Å². The topological polar surface area (TPSA) is 47.7 Å². The van der Waals surface area contributed by atoms with Crippen LogP contribution in [0.3, 0.4) is 0 Å². The van der Waals surface area contributed by atoms with E-state index in [1.165, 1.54) is 12.4 Å². The predicted molar refractivity (Wildman–Crippen MR) is 75.5 cm³/mol. The van der Waals surface area contributed by atoms with Gasteiger partial charge in [-0.15, -0.1) is 12.4 Å². The van der Waals surface area contributed by atoms with Crippen LogP contribution in [-0.2, 0) is 19.6 Å². The fraction of sp³-hybridized carbons (Fsp3) is 0.500. The molecule has 2 aromatic rings. The minimum Gasteiger partial charge on any atom is -0.364 e. The molecule has 0 aliphatic heterocycles. The molecule has 2 rings (SSSR count). The first-order valence-corrected chi connectivity index (χ1v) is 6.23. The third kappa shape index (κ3) is 4.96. The number of anilines is 1. The van der Waals surface area contributed by atoms with E-state index >= 15 is 0 Å². The number of hydrogen-bond acceptors (Lipinski definition) is 3. The molecular weight excluding hydrogens is 307 g/mol.